The molecule has 31 heavy (non-hydrogen) atoms. The van der Waals surface area contributed by atoms with Gasteiger partial charge in [0.1, 0.15) is 12.4 Å². The van der Waals surface area contributed by atoms with Gasteiger partial charge in [-0.05, 0) is 56.2 Å². The molecule has 0 spiro atoms. The molecule has 0 aromatic heterocycles. The second-order valence-corrected chi connectivity index (χ2v) is 9.91. The summed E-state index contributed by atoms with van der Waals surface area (Å²) in [6, 6.07) is 13.8. The fraction of sp³-hybridized carbons (Fsp3) is 0.435. The summed E-state index contributed by atoms with van der Waals surface area (Å²) in [5.74, 6) is 0.597. The average Bonchev–Trinajstić information content (AvgIpc) is 2.72. The molecule has 1 unspecified atom stereocenters. The highest BCUT2D eigenvalue weighted by Gasteiger charge is 2.31. The molecule has 0 saturated heterocycles. The van der Waals surface area contributed by atoms with Crippen molar-refractivity contribution in [1.82, 2.24) is 0 Å². The monoisotopic (exact) mass is 446 g/mol. The van der Waals surface area contributed by atoms with E-state index < -0.39 is 9.84 Å². The molecule has 1 aliphatic heterocycles. The summed E-state index contributed by atoms with van der Waals surface area (Å²) in [6.07, 6.45) is 0.855. The lowest BCUT2D eigenvalue weighted by Crippen LogP contribution is -2.49. The highest BCUT2D eigenvalue weighted by molar-refractivity contribution is 7.90. The number of anilines is 2. The topological polar surface area (TPSA) is 76.2 Å². The maximum atomic E-state index is 12.6. The number of rotatable bonds is 7. The Kier molecular flexibility index (Phi) is 7.10. The fourth-order valence-corrected chi connectivity index (χ4v) is 4.16. The molecule has 1 heterocycles. The van der Waals surface area contributed by atoms with Crippen molar-refractivity contribution in [3.05, 3.63) is 42.5 Å². The standard InChI is InChI=1S/C23H30N2O5S/c1-5-24-17(3)16-25(23(26)29-6-2)22-15-19(9-12-21(22)24)18-7-10-20(11-8-18)30-13-14-31(4,27)28/h7-12,15,17H,5-6,13-14,16H2,1-4H3. The van der Waals surface area contributed by atoms with E-state index in [4.69, 9.17) is 9.47 Å². The minimum Gasteiger partial charge on any atom is -0.493 e. The van der Waals surface area contributed by atoms with Gasteiger partial charge in [-0.1, -0.05) is 18.2 Å². The van der Waals surface area contributed by atoms with Crippen LogP contribution in [0.5, 0.6) is 5.75 Å². The summed E-state index contributed by atoms with van der Waals surface area (Å²) in [5.41, 5.74) is 3.80. The molecule has 1 atom stereocenters. The SMILES string of the molecule is CCOC(=O)N1CC(C)N(CC)c2ccc(-c3ccc(OCCS(C)(=O)=O)cc3)cc21. The van der Waals surface area contributed by atoms with Gasteiger partial charge in [-0.25, -0.2) is 13.2 Å². The van der Waals surface area contributed by atoms with E-state index in [1.165, 1.54) is 6.26 Å². The van der Waals surface area contributed by atoms with Crippen LogP contribution in [0, 0.1) is 0 Å². The quantitative estimate of drug-likeness (QED) is 0.641. The molecule has 8 heteroatoms. The van der Waals surface area contributed by atoms with Crippen LogP contribution in [0.3, 0.4) is 0 Å². The first kappa shape index (κ1) is 22.9. The zero-order valence-corrected chi connectivity index (χ0v) is 19.3. The van der Waals surface area contributed by atoms with E-state index in [0.717, 1.165) is 29.0 Å². The van der Waals surface area contributed by atoms with E-state index >= 15 is 0 Å². The molecule has 1 aliphatic rings. The zero-order valence-electron chi connectivity index (χ0n) is 18.5. The van der Waals surface area contributed by atoms with Gasteiger partial charge in [0.2, 0.25) is 0 Å². The predicted octanol–water partition coefficient (Wildman–Crippen LogP) is 3.97. The third kappa shape index (κ3) is 5.50. The van der Waals surface area contributed by atoms with Crippen LogP contribution in [0.15, 0.2) is 42.5 Å². The second-order valence-electron chi connectivity index (χ2n) is 7.65. The molecule has 0 fully saturated rings. The van der Waals surface area contributed by atoms with Gasteiger partial charge in [0.25, 0.3) is 0 Å². The summed E-state index contributed by atoms with van der Waals surface area (Å²) in [4.78, 5) is 16.6. The molecule has 2 aromatic rings. The Hall–Kier alpha value is -2.74. The number of likely N-dealkylation sites (N-methyl/N-ethyl adjacent to an activating group) is 1. The lowest BCUT2D eigenvalue weighted by Gasteiger charge is -2.41. The molecule has 0 radical (unpaired) electrons. The minimum atomic E-state index is -3.05. The van der Waals surface area contributed by atoms with Crippen molar-refractivity contribution in [3.8, 4) is 16.9 Å². The number of hydrogen-bond acceptors (Lipinski definition) is 6. The fourth-order valence-electron chi connectivity index (χ4n) is 3.77. The van der Waals surface area contributed by atoms with Crippen LogP contribution in [-0.4, -0.2) is 58.9 Å². The third-order valence-corrected chi connectivity index (χ3v) is 6.20. The molecule has 168 valence electrons. The molecule has 0 saturated carbocycles. The van der Waals surface area contributed by atoms with Crippen LogP contribution < -0.4 is 14.5 Å². The molecule has 0 N–H and O–H groups in total. The summed E-state index contributed by atoms with van der Waals surface area (Å²) >= 11 is 0. The van der Waals surface area contributed by atoms with Gasteiger partial charge >= 0.3 is 6.09 Å². The van der Waals surface area contributed by atoms with Crippen molar-refractivity contribution < 1.29 is 22.7 Å². The Morgan fingerprint density at radius 3 is 2.35 bits per heavy atom. The Bertz CT molecular complexity index is 1020. The smallest absolute Gasteiger partial charge is 0.414 e. The van der Waals surface area contributed by atoms with Crippen LogP contribution in [-0.2, 0) is 14.6 Å². The lowest BCUT2D eigenvalue weighted by atomic mass is 10.0. The van der Waals surface area contributed by atoms with E-state index in [2.05, 4.69) is 18.7 Å². The van der Waals surface area contributed by atoms with Crippen LogP contribution in [0.1, 0.15) is 20.8 Å². The van der Waals surface area contributed by atoms with Crippen molar-refractivity contribution in [2.75, 3.05) is 48.1 Å². The van der Waals surface area contributed by atoms with E-state index in [9.17, 15) is 13.2 Å². The van der Waals surface area contributed by atoms with Crippen molar-refractivity contribution in [1.29, 1.82) is 0 Å². The number of nitrogens with zero attached hydrogens (tertiary/aromatic N) is 2. The molecule has 2 aromatic carbocycles. The molecule has 3 rings (SSSR count). The van der Waals surface area contributed by atoms with Crippen LogP contribution in [0.25, 0.3) is 11.1 Å². The Morgan fingerprint density at radius 2 is 1.74 bits per heavy atom. The molecule has 0 bridgehead atoms. The van der Waals surface area contributed by atoms with Crippen molar-refractivity contribution in [2.24, 2.45) is 0 Å². The van der Waals surface area contributed by atoms with Gasteiger partial charge in [0.15, 0.2) is 9.84 Å². The van der Waals surface area contributed by atoms with Gasteiger partial charge in [0.05, 0.1) is 23.7 Å². The Balaban J connectivity index is 1.86. The number of sulfone groups is 1. The minimum absolute atomic E-state index is 0.0182. The van der Waals surface area contributed by atoms with Crippen molar-refractivity contribution in [2.45, 2.75) is 26.8 Å². The number of carbonyl (C=O) groups excluding carboxylic acids is 1. The first-order valence-electron chi connectivity index (χ1n) is 10.5. The molecular weight excluding hydrogens is 416 g/mol. The summed E-state index contributed by atoms with van der Waals surface area (Å²) in [7, 11) is -3.05. The Labute approximate surface area is 184 Å². The first-order chi connectivity index (χ1) is 14.7. The van der Waals surface area contributed by atoms with Gasteiger partial charge in [-0.15, -0.1) is 0 Å². The number of amides is 1. The second kappa shape index (κ2) is 9.60. The number of ether oxygens (including phenoxy) is 2. The number of benzene rings is 2. The zero-order chi connectivity index (χ0) is 22.6. The van der Waals surface area contributed by atoms with Crippen LogP contribution in [0.2, 0.25) is 0 Å². The highest BCUT2D eigenvalue weighted by atomic mass is 32.2. The number of hydrogen-bond donors (Lipinski definition) is 0. The van der Waals surface area contributed by atoms with Gasteiger partial charge in [0, 0.05) is 25.4 Å². The van der Waals surface area contributed by atoms with E-state index in [1.807, 2.05) is 42.5 Å². The maximum Gasteiger partial charge on any atom is 0.414 e. The van der Waals surface area contributed by atoms with Crippen LogP contribution in [0.4, 0.5) is 16.2 Å². The van der Waals surface area contributed by atoms with Gasteiger partial charge in [-0.2, -0.15) is 0 Å². The van der Waals surface area contributed by atoms with Crippen molar-refractivity contribution in [3.63, 3.8) is 0 Å². The molecular formula is C23H30N2O5S. The average molecular weight is 447 g/mol. The Morgan fingerprint density at radius 1 is 1.06 bits per heavy atom. The summed E-state index contributed by atoms with van der Waals surface area (Å²) in [5, 5.41) is 0. The predicted molar refractivity (Wildman–Crippen MR) is 124 cm³/mol. The van der Waals surface area contributed by atoms with Crippen molar-refractivity contribution >= 4 is 27.3 Å². The highest BCUT2D eigenvalue weighted by Crippen LogP contribution is 2.39. The third-order valence-electron chi connectivity index (χ3n) is 5.29. The lowest BCUT2D eigenvalue weighted by molar-refractivity contribution is 0.159. The summed E-state index contributed by atoms with van der Waals surface area (Å²) in [6.45, 7) is 7.89. The maximum absolute atomic E-state index is 12.6. The van der Waals surface area contributed by atoms with Gasteiger partial charge in [-0.3, -0.25) is 4.90 Å². The number of fused-ring (bicyclic) bond motifs is 1. The van der Waals surface area contributed by atoms with E-state index in [-0.39, 0.29) is 24.5 Å². The first-order valence-corrected chi connectivity index (χ1v) is 12.6. The molecule has 1 amide bonds. The van der Waals surface area contributed by atoms with Gasteiger partial charge < -0.3 is 14.4 Å². The molecule has 0 aliphatic carbocycles. The largest absolute Gasteiger partial charge is 0.493 e. The normalized spacial score (nSPS) is 16.1. The van der Waals surface area contributed by atoms with E-state index in [1.54, 1.807) is 11.8 Å². The molecule has 7 nitrogen and oxygen atoms in total. The van der Waals surface area contributed by atoms with E-state index in [0.29, 0.717) is 18.9 Å². The number of carbonyl (C=O) groups is 1. The van der Waals surface area contributed by atoms with Crippen LogP contribution >= 0.6 is 0 Å². The summed E-state index contributed by atoms with van der Waals surface area (Å²) < 4.78 is 33.3.